The highest BCUT2D eigenvalue weighted by atomic mass is 16.4. The van der Waals surface area contributed by atoms with Crippen molar-refractivity contribution in [3.05, 3.63) is 11.6 Å². The maximum atomic E-state index is 11.1. The Morgan fingerprint density at radius 2 is 2.29 bits per heavy atom. The van der Waals surface area contributed by atoms with Crippen LogP contribution in [-0.4, -0.2) is 29.1 Å². The van der Waals surface area contributed by atoms with Crippen LogP contribution in [0.5, 0.6) is 0 Å². The summed E-state index contributed by atoms with van der Waals surface area (Å²) in [6.07, 6.45) is 3.51. The number of carbonyl (C=O) groups excluding carboxylic acids is 1. The third-order valence-electron chi connectivity index (χ3n) is 3.26. The Hall–Kier alpha value is -1.36. The van der Waals surface area contributed by atoms with E-state index < -0.39 is 5.97 Å². The van der Waals surface area contributed by atoms with Gasteiger partial charge in [-0.15, -0.1) is 0 Å². The number of carbonyl (C=O) groups is 2. The lowest BCUT2D eigenvalue weighted by Gasteiger charge is -2.33. The van der Waals surface area contributed by atoms with Crippen LogP contribution in [0.3, 0.4) is 0 Å². The average molecular weight is 240 g/mol. The van der Waals surface area contributed by atoms with Crippen molar-refractivity contribution >= 4 is 11.9 Å². The predicted octanol–water partition coefficient (Wildman–Crippen LogP) is 0.649. The van der Waals surface area contributed by atoms with Crippen molar-refractivity contribution in [2.24, 2.45) is 11.7 Å². The van der Waals surface area contributed by atoms with Gasteiger partial charge in [0.2, 0.25) is 5.91 Å². The summed E-state index contributed by atoms with van der Waals surface area (Å²) in [6, 6.07) is -0.183. The highest BCUT2D eigenvalue weighted by Gasteiger charge is 2.31. The van der Waals surface area contributed by atoms with Gasteiger partial charge in [0.25, 0.3) is 0 Å². The zero-order valence-electron chi connectivity index (χ0n) is 10.3. The minimum atomic E-state index is -0.897. The molecule has 0 unspecified atom stereocenters. The third-order valence-corrected chi connectivity index (χ3v) is 3.26. The van der Waals surface area contributed by atoms with E-state index in [1.54, 1.807) is 6.08 Å². The molecule has 5 nitrogen and oxygen atoms in total. The standard InChI is InChI=1S/C12H20N2O3/c1-3-11(14-7(2)15)9-5-4-8(12(16)17)6-10(9)13/h4,9-11H,3,5-6,13H2,1-2H3,(H,14,15)(H,16,17)/t9-,10-,11-/m0/s1. The number of hydrogen-bond acceptors (Lipinski definition) is 3. The molecule has 0 saturated carbocycles. The lowest BCUT2D eigenvalue weighted by molar-refractivity contribution is -0.133. The van der Waals surface area contributed by atoms with Crippen molar-refractivity contribution in [1.82, 2.24) is 5.32 Å². The number of rotatable bonds is 4. The Labute approximate surface area is 101 Å². The van der Waals surface area contributed by atoms with Gasteiger partial charge in [0.15, 0.2) is 0 Å². The van der Waals surface area contributed by atoms with Crippen molar-refractivity contribution in [3.8, 4) is 0 Å². The molecule has 1 amide bonds. The number of carboxylic acid groups (broad SMARTS) is 1. The van der Waals surface area contributed by atoms with E-state index in [9.17, 15) is 9.59 Å². The minimum Gasteiger partial charge on any atom is -0.478 e. The van der Waals surface area contributed by atoms with Crippen molar-refractivity contribution in [2.45, 2.75) is 45.2 Å². The van der Waals surface area contributed by atoms with Gasteiger partial charge in [0.05, 0.1) is 0 Å². The van der Waals surface area contributed by atoms with Gasteiger partial charge in [0, 0.05) is 24.6 Å². The molecule has 3 atom stereocenters. The molecule has 0 aromatic rings. The summed E-state index contributed by atoms with van der Waals surface area (Å²) < 4.78 is 0. The summed E-state index contributed by atoms with van der Waals surface area (Å²) in [7, 11) is 0. The van der Waals surface area contributed by atoms with E-state index in [1.165, 1.54) is 6.92 Å². The number of nitrogens with two attached hydrogens (primary N) is 1. The van der Waals surface area contributed by atoms with Crippen LogP contribution in [0.4, 0.5) is 0 Å². The normalized spacial score (nSPS) is 25.9. The number of allylic oxidation sites excluding steroid dienone is 1. The average Bonchev–Trinajstić information content (AvgIpc) is 2.25. The van der Waals surface area contributed by atoms with Crippen LogP contribution >= 0.6 is 0 Å². The van der Waals surface area contributed by atoms with Crippen molar-refractivity contribution in [3.63, 3.8) is 0 Å². The van der Waals surface area contributed by atoms with E-state index in [1.807, 2.05) is 6.92 Å². The van der Waals surface area contributed by atoms with Gasteiger partial charge in [-0.1, -0.05) is 13.0 Å². The molecule has 4 N–H and O–H groups in total. The van der Waals surface area contributed by atoms with E-state index in [-0.39, 0.29) is 23.9 Å². The summed E-state index contributed by atoms with van der Waals surface area (Å²) in [5, 5.41) is 11.8. The fourth-order valence-electron chi connectivity index (χ4n) is 2.35. The Bertz CT molecular complexity index is 339. The molecular weight excluding hydrogens is 220 g/mol. The second-order valence-electron chi connectivity index (χ2n) is 4.52. The highest BCUT2D eigenvalue weighted by Crippen LogP contribution is 2.26. The number of carboxylic acids is 1. The molecule has 96 valence electrons. The van der Waals surface area contributed by atoms with Gasteiger partial charge in [-0.3, -0.25) is 4.79 Å². The van der Waals surface area contributed by atoms with Crippen LogP contribution in [0.25, 0.3) is 0 Å². The Balaban J connectivity index is 2.72. The first-order valence-electron chi connectivity index (χ1n) is 5.90. The van der Waals surface area contributed by atoms with Gasteiger partial charge < -0.3 is 16.2 Å². The first-order chi connectivity index (χ1) is 7.95. The van der Waals surface area contributed by atoms with Gasteiger partial charge in [0.1, 0.15) is 0 Å². The fourth-order valence-corrected chi connectivity index (χ4v) is 2.35. The Kier molecular flexibility index (Phi) is 4.69. The molecule has 0 saturated heterocycles. The fraction of sp³-hybridized carbons (Fsp3) is 0.667. The quantitative estimate of drug-likeness (QED) is 0.672. The lowest BCUT2D eigenvalue weighted by Crippen LogP contribution is -2.48. The van der Waals surface area contributed by atoms with Gasteiger partial charge in [-0.25, -0.2) is 4.79 Å². The zero-order valence-corrected chi connectivity index (χ0v) is 10.3. The molecule has 0 radical (unpaired) electrons. The molecule has 1 aliphatic rings. The third kappa shape index (κ3) is 3.56. The monoisotopic (exact) mass is 240 g/mol. The van der Waals surface area contributed by atoms with E-state index in [4.69, 9.17) is 10.8 Å². The summed E-state index contributed by atoms with van der Waals surface area (Å²) >= 11 is 0. The number of aliphatic carboxylic acids is 1. The molecule has 5 heteroatoms. The van der Waals surface area contributed by atoms with Crippen LogP contribution < -0.4 is 11.1 Å². The van der Waals surface area contributed by atoms with Crippen molar-refractivity contribution in [2.75, 3.05) is 0 Å². The molecule has 17 heavy (non-hydrogen) atoms. The van der Waals surface area contributed by atoms with Crippen molar-refractivity contribution in [1.29, 1.82) is 0 Å². The summed E-state index contributed by atoms with van der Waals surface area (Å²) in [6.45, 7) is 3.47. The number of amides is 1. The molecule has 0 aliphatic heterocycles. The molecule has 0 aromatic heterocycles. The van der Waals surface area contributed by atoms with E-state index in [0.717, 1.165) is 6.42 Å². The SMILES string of the molecule is CC[C@H](NC(C)=O)[C@H]1CC=C(C(=O)O)C[C@@H]1N. The molecular formula is C12H20N2O3. The maximum absolute atomic E-state index is 11.1. The maximum Gasteiger partial charge on any atom is 0.331 e. The second-order valence-corrected chi connectivity index (χ2v) is 4.52. The summed E-state index contributed by atoms with van der Waals surface area (Å²) in [5.41, 5.74) is 6.38. The highest BCUT2D eigenvalue weighted by molar-refractivity contribution is 5.86. The molecule has 0 spiro atoms. The van der Waals surface area contributed by atoms with Gasteiger partial charge in [-0.05, 0) is 25.2 Å². The van der Waals surface area contributed by atoms with E-state index >= 15 is 0 Å². The van der Waals surface area contributed by atoms with Crippen LogP contribution in [-0.2, 0) is 9.59 Å². The van der Waals surface area contributed by atoms with Crippen LogP contribution in [0.1, 0.15) is 33.1 Å². The molecule has 0 heterocycles. The summed E-state index contributed by atoms with van der Waals surface area (Å²) in [4.78, 5) is 21.9. The minimum absolute atomic E-state index is 0.0223. The molecule has 0 aromatic carbocycles. The van der Waals surface area contributed by atoms with E-state index in [2.05, 4.69) is 5.32 Å². The summed E-state index contributed by atoms with van der Waals surface area (Å²) in [5.74, 6) is -0.851. The Morgan fingerprint density at radius 1 is 1.65 bits per heavy atom. The largest absolute Gasteiger partial charge is 0.478 e. The van der Waals surface area contributed by atoms with Gasteiger partial charge in [-0.2, -0.15) is 0 Å². The molecule has 0 bridgehead atoms. The molecule has 1 aliphatic carbocycles. The van der Waals surface area contributed by atoms with Gasteiger partial charge >= 0.3 is 5.97 Å². The van der Waals surface area contributed by atoms with Crippen LogP contribution in [0, 0.1) is 5.92 Å². The van der Waals surface area contributed by atoms with Crippen LogP contribution in [0.2, 0.25) is 0 Å². The number of hydrogen-bond donors (Lipinski definition) is 3. The smallest absolute Gasteiger partial charge is 0.331 e. The second kappa shape index (κ2) is 5.82. The first kappa shape index (κ1) is 13.7. The van der Waals surface area contributed by atoms with Crippen molar-refractivity contribution < 1.29 is 14.7 Å². The van der Waals surface area contributed by atoms with Crippen LogP contribution in [0.15, 0.2) is 11.6 Å². The molecule has 1 rings (SSSR count). The topological polar surface area (TPSA) is 92.4 Å². The molecule has 0 fully saturated rings. The number of nitrogens with one attached hydrogen (secondary N) is 1. The zero-order chi connectivity index (χ0) is 13.0. The van der Waals surface area contributed by atoms with E-state index in [0.29, 0.717) is 18.4 Å². The Morgan fingerprint density at radius 3 is 2.71 bits per heavy atom. The lowest BCUT2D eigenvalue weighted by atomic mass is 9.80. The first-order valence-corrected chi connectivity index (χ1v) is 5.90. The predicted molar refractivity (Wildman–Crippen MR) is 64.3 cm³/mol.